The molecule has 1 saturated heterocycles. The summed E-state index contributed by atoms with van der Waals surface area (Å²) < 4.78 is 10.2. The summed E-state index contributed by atoms with van der Waals surface area (Å²) in [5.74, 6) is 4.91. The highest BCUT2D eigenvalue weighted by atomic mass is 16.5. The number of nitrogens with zero attached hydrogens (tertiary/aromatic N) is 1. The fourth-order valence-electron chi connectivity index (χ4n) is 1.83. The van der Waals surface area contributed by atoms with E-state index in [-0.39, 0.29) is 18.1 Å². The number of hydrogen-bond acceptors (Lipinski definition) is 5. The molecule has 0 saturated carbocycles. The Labute approximate surface area is 89.7 Å². The van der Waals surface area contributed by atoms with Crippen LogP contribution in [0.2, 0.25) is 0 Å². The summed E-state index contributed by atoms with van der Waals surface area (Å²) in [7, 11) is 3.25. The molecule has 0 aromatic carbocycles. The summed E-state index contributed by atoms with van der Waals surface area (Å²) in [6.45, 7) is 1.93. The summed E-state index contributed by atoms with van der Waals surface area (Å²) in [5, 5.41) is 0. The number of nitrogens with two attached hydrogens (primary N) is 1. The van der Waals surface area contributed by atoms with E-state index in [4.69, 9.17) is 15.3 Å². The van der Waals surface area contributed by atoms with E-state index >= 15 is 0 Å². The van der Waals surface area contributed by atoms with Crippen LogP contribution < -0.4 is 11.3 Å². The lowest BCUT2D eigenvalue weighted by Gasteiger charge is -2.25. The minimum Gasteiger partial charge on any atom is -0.383 e. The van der Waals surface area contributed by atoms with Crippen LogP contribution >= 0.6 is 0 Å². The molecule has 1 rings (SSSR count). The van der Waals surface area contributed by atoms with Crippen molar-refractivity contribution in [3.05, 3.63) is 0 Å². The minimum atomic E-state index is -0.319. The molecule has 3 N–H and O–H groups in total. The molecule has 0 aromatic heterocycles. The van der Waals surface area contributed by atoms with Crippen molar-refractivity contribution in [1.29, 1.82) is 0 Å². The van der Waals surface area contributed by atoms with Crippen molar-refractivity contribution >= 4 is 5.91 Å². The van der Waals surface area contributed by atoms with E-state index in [1.165, 1.54) is 0 Å². The Hall–Kier alpha value is -0.690. The zero-order valence-corrected chi connectivity index (χ0v) is 9.23. The van der Waals surface area contributed by atoms with Gasteiger partial charge in [0, 0.05) is 27.3 Å². The molecule has 6 heteroatoms. The van der Waals surface area contributed by atoms with Crippen molar-refractivity contribution in [3.8, 4) is 0 Å². The van der Waals surface area contributed by atoms with Gasteiger partial charge in [0.2, 0.25) is 0 Å². The molecule has 88 valence electrons. The van der Waals surface area contributed by atoms with Crippen LogP contribution in [-0.2, 0) is 14.3 Å². The summed E-state index contributed by atoms with van der Waals surface area (Å²) in [6.07, 6.45) is 1.14. The average molecular weight is 217 g/mol. The molecule has 2 atom stereocenters. The van der Waals surface area contributed by atoms with Crippen molar-refractivity contribution in [2.75, 3.05) is 33.9 Å². The second-order valence-corrected chi connectivity index (χ2v) is 3.62. The predicted octanol–water partition coefficient (Wildman–Crippen LogP) is -1.29. The smallest absolute Gasteiger partial charge is 0.253 e. The number of rotatable bonds is 5. The van der Waals surface area contributed by atoms with E-state index in [0.29, 0.717) is 6.61 Å². The summed E-state index contributed by atoms with van der Waals surface area (Å²) in [4.78, 5) is 13.5. The highest BCUT2D eigenvalue weighted by Crippen LogP contribution is 2.15. The van der Waals surface area contributed by atoms with Crippen molar-refractivity contribution in [2.24, 2.45) is 5.84 Å². The second-order valence-electron chi connectivity index (χ2n) is 3.62. The van der Waals surface area contributed by atoms with E-state index in [2.05, 4.69) is 5.43 Å². The van der Waals surface area contributed by atoms with Gasteiger partial charge in [-0.3, -0.25) is 15.1 Å². The van der Waals surface area contributed by atoms with E-state index in [9.17, 15) is 4.79 Å². The molecule has 0 aromatic rings. The molecule has 1 aliphatic heterocycles. The SMILES string of the molecule is COCC(C(=O)NN)N1CCC(OC)C1. The van der Waals surface area contributed by atoms with Crippen molar-refractivity contribution < 1.29 is 14.3 Å². The van der Waals surface area contributed by atoms with E-state index < -0.39 is 0 Å². The maximum absolute atomic E-state index is 11.5. The lowest BCUT2D eigenvalue weighted by Crippen LogP contribution is -2.50. The first kappa shape index (κ1) is 12.4. The van der Waals surface area contributed by atoms with E-state index in [1.807, 2.05) is 4.90 Å². The molecule has 0 bridgehead atoms. The lowest BCUT2D eigenvalue weighted by molar-refractivity contribution is -0.128. The zero-order chi connectivity index (χ0) is 11.3. The number of carbonyl (C=O) groups is 1. The number of amides is 1. The van der Waals surface area contributed by atoms with Gasteiger partial charge in [0.1, 0.15) is 6.04 Å². The zero-order valence-electron chi connectivity index (χ0n) is 9.23. The molecule has 15 heavy (non-hydrogen) atoms. The maximum Gasteiger partial charge on any atom is 0.253 e. The van der Waals surface area contributed by atoms with Gasteiger partial charge in [0.05, 0.1) is 12.7 Å². The van der Waals surface area contributed by atoms with Crippen LogP contribution in [0.15, 0.2) is 0 Å². The van der Waals surface area contributed by atoms with Gasteiger partial charge < -0.3 is 9.47 Å². The van der Waals surface area contributed by atoms with Crippen LogP contribution in [0.3, 0.4) is 0 Å². The van der Waals surface area contributed by atoms with Gasteiger partial charge in [-0.25, -0.2) is 5.84 Å². The molecular formula is C9H19N3O3. The van der Waals surface area contributed by atoms with E-state index in [1.54, 1.807) is 14.2 Å². The molecule has 1 aliphatic rings. The van der Waals surface area contributed by atoms with Crippen LogP contribution in [0.25, 0.3) is 0 Å². The summed E-state index contributed by atoms with van der Waals surface area (Å²) in [5.41, 5.74) is 2.16. The minimum absolute atomic E-state index is 0.204. The Morgan fingerprint density at radius 3 is 2.87 bits per heavy atom. The van der Waals surface area contributed by atoms with Gasteiger partial charge in [-0.15, -0.1) is 0 Å². The average Bonchev–Trinajstić information content (AvgIpc) is 2.73. The quantitative estimate of drug-likeness (QED) is 0.340. The highest BCUT2D eigenvalue weighted by Gasteiger charge is 2.32. The molecular weight excluding hydrogens is 198 g/mol. The molecule has 0 radical (unpaired) electrons. The Bertz CT molecular complexity index is 213. The van der Waals surface area contributed by atoms with Crippen LogP contribution in [0.4, 0.5) is 0 Å². The predicted molar refractivity (Wildman–Crippen MR) is 55.0 cm³/mol. The van der Waals surface area contributed by atoms with Crippen LogP contribution in [0, 0.1) is 0 Å². The topological polar surface area (TPSA) is 76.8 Å². The number of likely N-dealkylation sites (tertiary alicyclic amines) is 1. The number of hydrazine groups is 1. The van der Waals surface area contributed by atoms with Gasteiger partial charge >= 0.3 is 0 Å². The number of ether oxygens (including phenoxy) is 2. The largest absolute Gasteiger partial charge is 0.383 e. The fraction of sp³-hybridized carbons (Fsp3) is 0.889. The van der Waals surface area contributed by atoms with Crippen molar-refractivity contribution in [2.45, 2.75) is 18.6 Å². The fourth-order valence-corrected chi connectivity index (χ4v) is 1.83. The summed E-state index contributed by atoms with van der Waals surface area (Å²) >= 11 is 0. The van der Waals surface area contributed by atoms with Crippen molar-refractivity contribution in [1.82, 2.24) is 10.3 Å². The first-order valence-electron chi connectivity index (χ1n) is 4.99. The normalized spacial score (nSPS) is 24.1. The number of carbonyl (C=O) groups excluding carboxylic acids is 1. The molecule has 1 heterocycles. The van der Waals surface area contributed by atoms with Crippen LogP contribution in [-0.4, -0.2) is 56.9 Å². The molecule has 1 amide bonds. The first-order valence-corrected chi connectivity index (χ1v) is 4.99. The molecule has 0 spiro atoms. The van der Waals surface area contributed by atoms with Gasteiger partial charge in [-0.1, -0.05) is 0 Å². The Balaban J connectivity index is 2.53. The maximum atomic E-state index is 11.5. The third-order valence-electron chi connectivity index (χ3n) is 2.72. The van der Waals surface area contributed by atoms with Gasteiger partial charge in [0.15, 0.2) is 0 Å². The van der Waals surface area contributed by atoms with Crippen molar-refractivity contribution in [3.63, 3.8) is 0 Å². The van der Waals surface area contributed by atoms with Gasteiger partial charge in [0.25, 0.3) is 5.91 Å². The summed E-state index contributed by atoms with van der Waals surface area (Å²) in [6, 6.07) is -0.319. The van der Waals surface area contributed by atoms with Gasteiger partial charge in [-0.2, -0.15) is 0 Å². The highest BCUT2D eigenvalue weighted by molar-refractivity contribution is 5.81. The first-order chi connectivity index (χ1) is 7.22. The third kappa shape index (κ3) is 3.13. The number of hydrogen-bond donors (Lipinski definition) is 2. The molecule has 2 unspecified atom stereocenters. The molecule has 0 aliphatic carbocycles. The molecule has 1 fully saturated rings. The Morgan fingerprint density at radius 2 is 2.40 bits per heavy atom. The van der Waals surface area contributed by atoms with E-state index in [0.717, 1.165) is 19.5 Å². The van der Waals surface area contributed by atoms with Crippen LogP contribution in [0.1, 0.15) is 6.42 Å². The lowest BCUT2D eigenvalue weighted by atomic mass is 10.2. The second kappa shape index (κ2) is 6.02. The third-order valence-corrected chi connectivity index (χ3v) is 2.72. The Morgan fingerprint density at radius 1 is 1.67 bits per heavy atom. The monoisotopic (exact) mass is 217 g/mol. The number of methoxy groups -OCH3 is 2. The van der Waals surface area contributed by atoms with Crippen LogP contribution in [0.5, 0.6) is 0 Å². The number of nitrogens with one attached hydrogen (secondary N) is 1. The van der Waals surface area contributed by atoms with Gasteiger partial charge in [-0.05, 0) is 6.42 Å². The molecule has 6 nitrogen and oxygen atoms in total. The standard InChI is InChI=1S/C9H19N3O3/c1-14-6-8(9(13)11-10)12-4-3-7(5-12)15-2/h7-8H,3-6,10H2,1-2H3,(H,11,13). The Kier molecular flexibility index (Phi) is 4.97.